The largest absolute Gasteiger partial charge is 0.463 e. The Bertz CT molecular complexity index is 754. The van der Waals surface area contributed by atoms with Crippen molar-refractivity contribution in [2.24, 2.45) is 5.92 Å². The minimum Gasteiger partial charge on any atom is -0.463 e. The number of carbonyl (C=O) groups is 1. The second-order valence-electron chi connectivity index (χ2n) is 5.72. The molecule has 132 valence electrons. The minimum atomic E-state index is -0.690. The van der Waals surface area contributed by atoms with E-state index in [1.807, 2.05) is 13.8 Å². The lowest BCUT2D eigenvalue weighted by atomic mass is 10.1. The van der Waals surface area contributed by atoms with E-state index in [1.54, 1.807) is 0 Å². The van der Waals surface area contributed by atoms with Crippen molar-refractivity contribution < 1.29 is 19.4 Å². The van der Waals surface area contributed by atoms with Gasteiger partial charge in [-0.3, -0.25) is 14.2 Å². The van der Waals surface area contributed by atoms with Gasteiger partial charge in [0.15, 0.2) is 5.52 Å². The first-order chi connectivity index (χ1) is 11.4. The average Bonchev–Trinajstić information content (AvgIpc) is 2.90. The molecule has 0 aliphatic heterocycles. The molecular formula is C14H21N5O5. The van der Waals surface area contributed by atoms with Crippen molar-refractivity contribution in [1.82, 2.24) is 19.5 Å². The third-order valence-electron chi connectivity index (χ3n) is 3.17. The van der Waals surface area contributed by atoms with Gasteiger partial charge in [0, 0.05) is 6.42 Å². The van der Waals surface area contributed by atoms with Crippen molar-refractivity contribution in [3.63, 3.8) is 0 Å². The average molecular weight is 339 g/mol. The maximum Gasteiger partial charge on any atom is 0.306 e. The molecule has 0 aliphatic rings. The van der Waals surface area contributed by atoms with E-state index in [1.165, 1.54) is 10.9 Å². The number of aromatic amines is 1. The second-order valence-corrected chi connectivity index (χ2v) is 5.72. The zero-order valence-electron chi connectivity index (χ0n) is 13.6. The van der Waals surface area contributed by atoms with Crippen LogP contribution in [0.3, 0.4) is 0 Å². The number of hydrogen-bond donors (Lipinski definition) is 3. The molecule has 0 spiro atoms. The molecule has 10 nitrogen and oxygen atoms in total. The summed E-state index contributed by atoms with van der Waals surface area (Å²) in [6, 6.07) is 0. The van der Waals surface area contributed by atoms with Crippen molar-refractivity contribution in [3.05, 3.63) is 16.7 Å². The number of nitrogens with two attached hydrogens (primary N) is 1. The Morgan fingerprint density at radius 1 is 1.50 bits per heavy atom. The molecule has 2 aromatic rings. The summed E-state index contributed by atoms with van der Waals surface area (Å²) in [4.78, 5) is 33.4. The fraction of sp³-hybridized carbons (Fsp3) is 0.571. The van der Waals surface area contributed by atoms with E-state index < -0.39 is 11.7 Å². The van der Waals surface area contributed by atoms with Crippen LogP contribution in [0.1, 0.15) is 20.3 Å². The van der Waals surface area contributed by atoms with Crippen LogP contribution in [0.2, 0.25) is 0 Å². The minimum absolute atomic E-state index is 0.0111. The van der Waals surface area contributed by atoms with E-state index in [-0.39, 0.29) is 43.3 Å². The lowest BCUT2D eigenvalue weighted by Crippen LogP contribution is -2.27. The molecule has 10 heteroatoms. The number of nitrogen functional groups attached to an aromatic ring is 1. The molecule has 0 bridgehead atoms. The van der Waals surface area contributed by atoms with Gasteiger partial charge >= 0.3 is 11.5 Å². The Labute approximate surface area is 137 Å². The summed E-state index contributed by atoms with van der Waals surface area (Å²) in [5.74, 6) is -0.182. The summed E-state index contributed by atoms with van der Waals surface area (Å²) in [7, 11) is 0. The summed E-state index contributed by atoms with van der Waals surface area (Å²) in [6.07, 6.45) is 1.00. The number of aliphatic hydroxyl groups is 1. The van der Waals surface area contributed by atoms with Gasteiger partial charge in [0.25, 0.3) is 0 Å². The van der Waals surface area contributed by atoms with Crippen LogP contribution in [0.5, 0.6) is 0 Å². The topological polar surface area (TPSA) is 145 Å². The lowest BCUT2D eigenvalue weighted by molar-refractivity contribution is -0.151. The van der Waals surface area contributed by atoms with E-state index >= 15 is 0 Å². The number of carbonyl (C=O) groups excluding carboxylic acids is 1. The standard InChI is InChI=1S/C14H21N5O5/c1-8(2)3-10(21)23-5-9(4-20)24-7-19-6-16-11-12(19)17-14(15)18-13(11)22/h6,8-9,20H,3-5,7H2,1-2H3,(H3,15,17,18,22). The van der Waals surface area contributed by atoms with E-state index in [0.717, 1.165) is 0 Å². The molecule has 2 aromatic heterocycles. The first kappa shape index (κ1) is 17.9. The maximum atomic E-state index is 11.6. The van der Waals surface area contributed by atoms with Gasteiger partial charge in [0.1, 0.15) is 25.1 Å². The quantitative estimate of drug-likeness (QED) is 0.552. The molecule has 0 aliphatic carbocycles. The molecule has 4 N–H and O–H groups in total. The number of imidazole rings is 1. The molecule has 0 amide bonds. The first-order valence-corrected chi connectivity index (χ1v) is 7.49. The molecule has 0 saturated carbocycles. The number of nitrogens with one attached hydrogen (secondary N) is 1. The third kappa shape index (κ3) is 4.52. The van der Waals surface area contributed by atoms with Crippen LogP contribution in [0.4, 0.5) is 5.95 Å². The SMILES string of the molecule is CC(C)CC(=O)OCC(CO)OCn1cnc2c(=O)nc(N)[nH]c21. The Morgan fingerprint density at radius 3 is 2.92 bits per heavy atom. The molecule has 2 rings (SSSR count). The van der Waals surface area contributed by atoms with Crippen LogP contribution in [-0.2, 0) is 21.0 Å². The van der Waals surface area contributed by atoms with Crippen LogP contribution < -0.4 is 11.3 Å². The fourth-order valence-corrected chi connectivity index (χ4v) is 2.00. The highest BCUT2D eigenvalue weighted by molar-refractivity contribution is 5.70. The van der Waals surface area contributed by atoms with Gasteiger partial charge in [-0.25, -0.2) is 4.98 Å². The predicted molar refractivity (Wildman–Crippen MR) is 84.9 cm³/mol. The normalized spacial score (nSPS) is 12.7. The first-order valence-electron chi connectivity index (χ1n) is 7.49. The maximum absolute atomic E-state index is 11.6. The molecule has 1 atom stereocenters. The van der Waals surface area contributed by atoms with E-state index in [2.05, 4.69) is 15.0 Å². The monoisotopic (exact) mass is 339 g/mol. The number of aromatic nitrogens is 4. The molecule has 1 unspecified atom stereocenters. The lowest BCUT2D eigenvalue weighted by Gasteiger charge is -2.16. The Morgan fingerprint density at radius 2 is 2.25 bits per heavy atom. The second kappa shape index (κ2) is 7.88. The summed E-state index contributed by atoms with van der Waals surface area (Å²) in [5, 5.41) is 9.32. The third-order valence-corrected chi connectivity index (χ3v) is 3.17. The van der Waals surface area contributed by atoms with Crippen LogP contribution >= 0.6 is 0 Å². The number of ether oxygens (including phenoxy) is 2. The van der Waals surface area contributed by atoms with Gasteiger partial charge in [-0.1, -0.05) is 13.8 Å². The van der Waals surface area contributed by atoms with Gasteiger partial charge in [-0.2, -0.15) is 4.98 Å². The van der Waals surface area contributed by atoms with Crippen molar-refractivity contribution in [2.75, 3.05) is 18.9 Å². The van der Waals surface area contributed by atoms with E-state index in [0.29, 0.717) is 12.1 Å². The van der Waals surface area contributed by atoms with Crippen LogP contribution in [0, 0.1) is 5.92 Å². The number of aliphatic hydroxyl groups excluding tert-OH is 1. The van der Waals surface area contributed by atoms with Crippen LogP contribution in [0.15, 0.2) is 11.1 Å². The molecule has 0 radical (unpaired) electrons. The zero-order chi connectivity index (χ0) is 17.7. The highest BCUT2D eigenvalue weighted by Gasteiger charge is 2.14. The number of rotatable bonds is 8. The number of fused-ring (bicyclic) bond motifs is 1. The molecule has 0 aromatic carbocycles. The van der Waals surface area contributed by atoms with Crippen molar-refractivity contribution in [3.8, 4) is 0 Å². The van der Waals surface area contributed by atoms with Crippen molar-refractivity contribution >= 4 is 23.1 Å². The number of nitrogens with zero attached hydrogens (tertiary/aromatic N) is 3. The van der Waals surface area contributed by atoms with Crippen molar-refractivity contribution in [2.45, 2.75) is 33.1 Å². The Hall–Kier alpha value is -2.46. The number of H-pyrrole nitrogens is 1. The van der Waals surface area contributed by atoms with Crippen LogP contribution in [-0.4, -0.2) is 49.9 Å². The molecule has 0 saturated heterocycles. The smallest absolute Gasteiger partial charge is 0.306 e. The fourth-order valence-electron chi connectivity index (χ4n) is 2.00. The highest BCUT2D eigenvalue weighted by atomic mass is 16.6. The van der Waals surface area contributed by atoms with Gasteiger partial charge in [0.2, 0.25) is 5.95 Å². The molecular weight excluding hydrogens is 318 g/mol. The summed E-state index contributed by atoms with van der Waals surface area (Å²) >= 11 is 0. The number of esters is 1. The van der Waals surface area contributed by atoms with E-state index in [9.17, 15) is 14.7 Å². The predicted octanol–water partition coefficient (Wildman–Crippen LogP) is -0.374. The Balaban J connectivity index is 1.96. The Kier molecular flexibility index (Phi) is 5.88. The number of anilines is 1. The molecule has 0 fully saturated rings. The number of hydrogen-bond acceptors (Lipinski definition) is 8. The van der Waals surface area contributed by atoms with Gasteiger partial charge < -0.3 is 25.3 Å². The summed E-state index contributed by atoms with van der Waals surface area (Å²) in [5.41, 5.74) is 5.47. The van der Waals surface area contributed by atoms with Gasteiger partial charge in [-0.05, 0) is 5.92 Å². The highest BCUT2D eigenvalue weighted by Crippen LogP contribution is 2.08. The van der Waals surface area contributed by atoms with E-state index in [4.69, 9.17) is 15.2 Å². The van der Waals surface area contributed by atoms with Crippen molar-refractivity contribution in [1.29, 1.82) is 0 Å². The van der Waals surface area contributed by atoms with Gasteiger partial charge in [0.05, 0.1) is 12.9 Å². The summed E-state index contributed by atoms with van der Waals surface area (Å²) in [6.45, 7) is 3.43. The zero-order valence-corrected chi connectivity index (χ0v) is 13.6. The molecule has 2 heterocycles. The summed E-state index contributed by atoms with van der Waals surface area (Å²) < 4.78 is 12.1. The molecule has 24 heavy (non-hydrogen) atoms. The van der Waals surface area contributed by atoms with Crippen LogP contribution in [0.25, 0.3) is 11.2 Å². The van der Waals surface area contributed by atoms with Gasteiger partial charge in [-0.15, -0.1) is 0 Å².